The minimum Gasteiger partial charge on any atom is -0.465 e. The van der Waals surface area contributed by atoms with Gasteiger partial charge in [-0.2, -0.15) is 0 Å². The lowest BCUT2D eigenvalue weighted by molar-refractivity contribution is 0.0533. The van der Waals surface area contributed by atoms with Gasteiger partial charge in [0.1, 0.15) is 12.3 Å². The summed E-state index contributed by atoms with van der Waals surface area (Å²) in [6.45, 7) is 1.66. The van der Waals surface area contributed by atoms with Gasteiger partial charge in [0.25, 0.3) is 0 Å². The van der Waals surface area contributed by atoms with Gasteiger partial charge in [-0.25, -0.2) is 9.59 Å². The van der Waals surface area contributed by atoms with Crippen molar-refractivity contribution in [2.24, 2.45) is 5.18 Å². The van der Waals surface area contributed by atoms with E-state index in [4.69, 9.17) is 9.47 Å². The van der Waals surface area contributed by atoms with Crippen LogP contribution >= 0.6 is 0 Å². The third-order valence-corrected chi connectivity index (χ3v) is 3.66. The summed E-state index contributed by atoms with van der Waals surface area (Å²) >= 11 is 0. The number of aryl methyl sites for hydroxylation is 1. The number of nitrogens with zero attached hydrogens (tertiary/aromatic N) is 2. The number of carbonyl (C=O) groups is 2. The number of esters is 2. The maximum Gasteiger partial charge on any atom is 0.341 e. The second-order valence-corrected chi connectivity index (χ2v) is 4.95. The van der Waals surface area contributed by atoms with E-state index < -0.39 is 11.9 Å². The number of cyclic esters (lactones) is 1. The third kappa shape index (κ3) is 2.26. The molecule has 0 saturated heterocycles. The summed E-state index contributed by atoms with van der Waals surface area (Å²) in [6, 6.07) is 6.45. The largest absolute Gasteiger partial charge is 0.465 e. The summed E-state index contributed by atoms with van der Waals surface area (Å²) in [5, 5.41) is 2.98. The number of hydrogen-bond donors (Lipinski definition) is 0. The van der Waals surface area contributed by atoms with Crippen molar-refractivity contribution in [3.8, 4) is 11.1 Å². The lowest BCUT2D eigenvalue weighted by Crippen LogP contribution is -2.12. The van der Waals surface area contributed by atoms with E-state index in [9.17, 15) is 14.5 Å². The molecule has 2 aromatic rings. The van der Waals surface area contributed by atoms with Gasteiger partial charge in [0, 0.05) is 11.1 Å². The zero-order valence-electron chi connectivity index (χ0n) is 12.5. The monoisotopic (exact) mass is 312 g/mol. The second-order valence-electron chi connectivity index (χ2n) is 4.95. The van der Waals surface area contributed by atoms with Crippen LogP contribution in [0.25, 0.3) is 11.1 Å². The predicted molar refractivity (Wildman–Crippen MR) is 80.3 cm³/mol. The van der Waals surface area contributed by atoms with Crippen LogP contribution in [-0.4, -0.2) is 24.0 Å². The minimum absolute atomic E-state index is 0.0279. The number of aromatic nitrogens is 1. The number of carbonyl (C=O) groups excluding carboxylic acids is 2. The van der Waals surface area contributed by atoms with Gasteiger partial charge >= 0.3 is 11.9 Å². The molecular formula is C16H12N2O5. The smallest absolute Gasteiger partial charge is 0.341 e. The van der Waals surface area contributed by atoms with E-state index in [-0.39, 0.29) is 29.0 Å². The van der Waals surface area contributed by atoms with Crippen molar-refractivity contribution < 1.29 is 19.1 Å². The van der Waals surface area contributed by atoms with Crippen molar-refractivity contribution in [3.63, 3.8) is 0 Å². The molecule has 1 aromatic heterocycles. The van der Waals surface area contributed by atoms with Crippen LogP contribution in [0.2, 0.25) is 0 Å². The van der Waals surface area contributed by atoms with Crippen LogP contribution in [0.3, 0.4) is 0 Å². The van der Waals surface area contributed by atoms with Gasteiger partial charge in [0.15, 0.2) is 0 Å². The highest BCUT2D eigenvalue weighted by atomic mass is 16.5. The number of nitroso groups, excluding NO2 is 1. The molecule has 1 aliphatic heterocycles. The molecule has 1 aliphatic rings. The average Bonchev–Trinajstić information content (AvgIpc) is 2.93. The molecule has 0 spiro atoms. The molecule has 0 saturated carbocycles. The van der Waals surface area contributed by atoms with E-state index in [0.29, 0.717) is 17.0 Å². The molecule has 7 nitrogen and oxygen atoms in total. The van der Waals surface area contributed by atoms with Crippen molar-refractivity contribution in [3.05, 3.63) is 51.7 Å². The summed E-state index contributed by atoms with van der Waals surface area (Å²) in [5.74, 6) is -1.23. The van der Waals surface area contributed by atoms with E-state index in [0.717, 1.165) is 0 Å². The van der Waals surface area contributed by atoms with Crippen LogP contribution in [0.1, 0.15) is 32.1 Å². The number of methoxy groups -OCH3 is 1. The van der Waals surface area contributed by atoms with Crippen LogP contribution in [0.4, 0.5) is 5.69 Å². The van der Waals surface area contributed by atoms with Crippen molar-refractivity contribution in [1.82, 2.24) is 4.98 Å². The quantitative estimate of drug-likeness (QED) is 0.639. The second kappa shape index (κ2) is 5.60. The number of rotatable bonds is 3. The topological polar surface area (TPSA) is 94.9 Å². The molecule has 0 amide bonds. The Hall–Kier alpha value is -3.09. The van der Waals surface area contributed by atoms with Crippen LogP contribution in [-0.2, 0) is 16.1 Å². The molecule has 0 fully saturated rings. The fourth-order valence-corrected chi connectivity index (χ4v) is 2.68. The molecule has 7 heteroatoms. The number of hydrogen-bond acceptors (Lipinski definition) is 7. The molecule has 0 unspecified atom stereocenters. The molecule has 23 heavy (non-hydrogen) atoms. The van der Waals surface area contributed by atoms with Gasteiger partial charge in [0.2, 0.25) is 0 Å². The zero-order chi connectivity index (χ0) is 16.6. The molecule has 3 rings (SSSR count). The van der Waals surface area contributed by atoms with E-state index in [2.05, 4.69) is 10.2 Å². The molecule has 2 heterocycles. The van der Waals surface area contributed by atoms with E-state index in [1.807, 2.05) is 0 Å². The van der Waals surface area contributed by atoms with Crippen LogP contribution < -0.4 is 0 Å². The Labute approximate surface area is 131 Å². The minimum atomic E-state index is -0.645. The van der Waals surface area contributed by atoms with E-state index in [1.54, 1.807) is 25.1 Å². The van der Waals surface area contributed by atoms with Gasteiger partial charge in [-0.05, 0) is 18.2 Å². The standard InChI is InChI=1S/C16H12N2O5/c1-8-12(15(19)22-2)13(9-5-3-4-6-10(9)18-21)14-11(17-8)7-23-16(14)20/h3-6H,7H2,1-2H3. The van der Waals surface area contributed by atoms with Crippen LogP contribution in [0, 0.1) is 11.8 Å². The molecular weight excluding hydrogens is 300 g/mol. The van der Waals surface area contributed by atoms with Gasteiger partial charge < -0.3 is 9.47 Å². The van der Waals surface area contributed by atoms with Gasteiger partial charge in [-0.15, -0.1) is 4.91 Å². The highest BCUT2D eigenvalue weighted by molar-refractivity contribution is 6.09. The lowest BCUT2D eigenvalue weighted by atomic mass is 9.92. The summed E-state index contributed by atoms with van der Waals surface area (Å²) in [6.07, 6.45) is 0. The van der Waals surface area contributed by atoms with Crippen molar-refractivity contribution in [1.29, 1.82) is 0 Å². The number of fused-ring (bicyclic) bond motifs is 1. The molecule has 1 aromatic carbocycles. The molecule has 0 N–H and O–H groups in total. The fourth-order valence-electron chi connectivity index (χ4n) is 2.68. The summed E-state index contributed by atoms with van der Waals surface area (Å²) < 4.78 is 9.83. The summed E-state index contributed by atoms with van der Waals surface area (Å²) in [5.41, 5.74) is 1.87. The Kier molecular flexibility index (Phi) is 3.61. The highest BCUT2D eigenvalue weighted by Gasteiger charge is 2.33. The molecule has 0 atom stereocenters. The summed E-state index contributed by atoms with van der Waals surface area (Å²) in [7, 11) is 1.24. The SMILES string of the molecule is COC(=O)c1c(C)nc2c(c1-c1ccccc1N=O)C(=O)OC2. The Balaban J connectivity index is 2.44. The van der Waals surface area contributed by atoms with Crippen LogP contribution in [0.15, 0.2) is 29.4 Å². The van der Waals surface area contributed by atoms with Gasteiger partial charge in [-0.3, -0.25) is 4.98 Å². The highest BCUT2D eigenvalue weighted by Crippen LogP contribution is 2.39. The normalized spacial score (nSPS) is 12.5. The number of benzene rings is 1. The third-order valence-electron chi connectivity index (χ3n) is 3.66. The van der Waals surface area contributed by atoms with E-state index >= 15 is 0 Å². The maximum absolute atomic E-state index is 12.2. The molecule has 0 aliphatic carbocycles. The van der Waals surface area contributed by atoms with Crippen LogP contribution in [0.5, 0.6) is 0 Å². The molecule has 116 valence electrons. The Bertz CT molecular complexity index is 845. The first-order valence-corrected chi connectivity index (χ1v) is 6.80. The first kappa shape index (κ1) is 14.8. The molecule has 0 radical (unpaired) electrons. The van der Waals surface area contributed by atoms with Gasteiger partial charge in [0.05, 0.1) is 29.6 Å². The van der Waals surface area contributed by atoms with E-state index in [1.165, 1.54) is 13.2 Å². The molecule has 0 bridgehead atoms. The first-order chi connectivity index (χ1) is 11.1. The Morgan fingerprint density at radius 2 is 2.04 bits per heavy atom. The van der Waals surface area contributed by atoms with Crippen molar-refractivity contribution in [2.75, 3.05) is 7.11 Å². The zero-order valence-corrected chi connectivity index (χ0v) is 12.5. The maximum atomic E-state index is 12.2. The number of ether oxygens (including phenoxy) is 2. The predicted octanol–water partition coefficient (Wildman–Crippen LogP) is 2.91. The average molecular weight is 312 g/mol. The lowest BCUT2D eigenvalue weighted by Gasteiger charge is -2.14. The number of pyridine rings is 1. The fraction of sp³-hybridized carbons (Fsp3) is 0.188. The van der Waals surface area contributed by atoms with Gasteiger partial charge in [-0.1, -0.05) is 18.2 Å². The van der Waals surface area contributed by atoms with Crippen molar-refractivity contribution >= 4 is 17.6 Å². The van der Waals surface area contributed by atoms with Crippen molar-refractivity contribution in [2.45, 2.75) is 13.5 Å². The first-order valence-electron chi connectivity index (χ1n) is 6.80. The summed E-state index contributed by atoms with van der Waals surface area (Å²) in [4.78, 5) is 39.7. The Morgan fingerprint density at radius 3 is 2.74 bits per heavy atom. The Morgan fingerprint density at radius 1 is 1.30 bits per heavy atom.